The molecule has 0 radical (unpaired) electrons. The van der Waals surface area contributed by atoms with Crippen molar-refractivity contribution in [1.82, 2.24) is 4.90 Å². The van der Waals surface area contributed by atoms with Crippen LogP contribution in [0.25, 0.3) is 11.1 Å². The molecule has 4 heteroatoms. The van der Waals surface area contributed by atoms with Gasteiger partial charge < -0.3 is 14.7 Å². The Morgan fingerprint density at radius 3 is 2.17 bits per heavy atom. The second-order valence-electron chi connectivity index (χ2n) is 8.11. The topological polar surface area (TPSA) is 49.8 Å². The molecule has 2 atom stereocenters. The molecule has 0 aromatic heterocycles. The van der Waals surface area contributed by atoms with Crippen LogP contribution in [0, 0.1) is 0 Å². The van der Waals surface area contributed by atoms with E-state index in [4.69, 9.17) is 4.74 Å². The summed E-state index contributed by atoms with van der Waals surface area (Å²) in [5.41, 5.74) is 5.95. The Bertz CT molecular complexity index is 1000. The van der Waals surface area contributed by atoms with Crippen LogP contribution in [0.15, 0.2) is 78.9 Å². The van der Waals surface area contributed by atoms with Crippen LogP contribution in [0.2, 0.25) is 0 Å². The summed E-state index contributed by atoms with van der Waals surface area (Å²) in [7, 11) is 0. The summed E-state index contributed by atoms with van der Waals surface area (Å²) in [5, 5.41) is 10.5. The van der Waals surface area contributed by atoms with E-state index < -0.39 is 6.10 Å². The quantitative estimate of drug-likeness (QED) is 0.697. The fourth-order valence-electron chi connectivity index (χ4n) is 4.84. The van der Waals surface area contributed by atoms with Gasteiger partial charge in [0.15, 0.2) is 0 Å². The Hall–Kier alpha value is -3.11. The Morgan fingerprint density at radius 2 is 1.50 bits per heavy atom. The lowest BCUT2D eigenvalue weighted by atomic mass is 9.98. The number of ether oxygens (including phenoxy) is 1. The molecule has 3 aromatic rings. The number of aliphatic hydroxyl groups is 1. The third kappa shape index (κ3) is 3.37. The van der Waals surface area contributed by atoms with E-state index in [1.807, 2.05) is 54.6 Å². The molecule has 1 amide bonds. The van der Waals surface area contributed by atoms with Gasteiger partial charge in [-0.25, -0.2) is 4.79 Å². The van der Waals surface area contributed by atoms with E-state index >= 15 is 0 Å². The highest BCUT2D eigenvalue weighted by atomic mass is 16.6. The number of benzene rings is 3. The number of rotatable bonds is 4. The van der Waals surface area contributed by atoms with Crippen molar-refractivity contribution >= 4 is 6.09 Å². The predicted octanol–water partition coefficient (Wildman–Crippen LogP) is 4.61. The summed E-state index contributed by atoms with van der Waals surface area (Å²) in [5.74, 6) is 0.0430. The molecule has 1 saturated heterocycles. The number of carbonyl (C=O) groups excluding carboxylic acids is 1. The monoisotopic (exact) mass is 399 g/mol. The first-order valence-electron chi connectivity index (χ1n) is 10.6. The van der Waals surface area contributed by atoms with E-state index in [1.165, 1.54) is 22.3 Å². The second kappa shape index (κ2) is 7.96. The summed E-state index contributed by atoms with van der Waals surface area (Å²) in [6.07, 6.45) is 0.355. The summed E-state index contributed by atoms with van der Waals surface area (Å²) in [6, 6.07) is 26.4. The van der Waals surface area contributed by atoms with E-state index in [-0.39, 0.29) is 18.1 Å². The molecule has 3 aromatic carbocycles. The van der Waals surface area contributed by atoms with Crippen molar-refractivity contribution in [3.8, 4) is 11.1 Å². The standard InChI is InChI=1S/C26H25NO3/c28-25-14-15-27(24(25)16-18-8-2-1-3-9-18)26(29)30-17-23-21-12-6-4-10-19(21)20-11-5-7-13-22(20)23/h1-13,23-25,28H,14-17H2/t24-,25-/m1/s1. The zero-order chi connectivity index (χ0) is 20.5. The Labute approximate surface area is 176 Å². The number of amides is 1. The van der Waals surface area contributed by atoms with Crippen molar-refractivity contribution in [2.45, 2.75) is 30.9 Å². The van der Waals surface area contributed by atoms with E-state index in [0.717, 1.165) is 5.56 Å². The van der Waals surface area contributed by atoms with Crippen LogP contribution in [-0.4, -0.2) is 41.4 Å². The molecule has 4 nitrogen and oxygen atoms in total. The summed E-state index contributed by atoms with van der Waals surface area (Å²) >= 11 is 0. The average Bonchev–Trinajstić information content (AvgIpc) is 3.31. The molecule has 5 rings (SSSR count). The molecule has 0 bridgehead atoms. The van der Waals surface area contributed by atoms with Gasteiger partial charge in [0.05, 0.1) is 12.1 Å². The zero-order valence-corrected chi connectivity index (χ0v) is 16.8. The van der Waals surface area contributed by atoms with Gasteiger partial charge in [-0.1, -0.05) is 78.9 Å². The number of hydrogen-bond donors (Lipinski definition) is 1. The first-order chi connectivity index (χ1) is 14.7. The SMILES string of the molecule is O=C(OCC1c2ccccc2-c2ccccc21)N1CC[C@@H](O)[C@H]1Cc1ccccc1. The minimum atomic E-state index is -0.523. The molecule has 1 aliphatic carbocycles. The lowest BCUT2D eigenvalue weighted by Crippen LogP contribution is -2.41. The number of nitrogens with zero attached hydrogens (tertiary/aromatic N) is 1. The van der Waals surface area contributed by atoms with Gasteiger partial charge in [0.2, 0.25) is 0 Å². The van der Waals surface area contributed by atoms with Crippen molar-refractivity contribution in [2.75, 3.05) is 13.2 Å². The van der Waals surface area contributed by atoms with Crippen LogP contribution in [-0.2, 0) is 11.2 Å². The van der Waals surface area contributed by atoms with Gasteiger partial charge in [0.25, 0.3) is 0 Å². The molecule has 2 aliphatic rings. The molecule has 30 heavy (non-hydrogen) atoms. The molecular weight excluding hydrogens is 374 g/mol. The van der Waals surface area contributed by atoms with Gasteiger partial charge >= 0.3 is 6.09 Å². The lowest BCUT2D eigenvalue weighted by Gasteiger charge is -2.26. The Morgan fingerprint density at radius 1 is 0.900 bits per heavy atom. The van der Waals surface area contributed by atoms with Crippen LogP contribution in [0.4, 0.5) is 4.79 Å². The number of hydrogen-bond acceptors (Lipinski definition) is 3. The number of fused-ring (bicyclic) bond motifs is 3. The highest BCUT2D eigenvalue weighted by molar-refractivity contribution is 5.79. The number of aliphatic hydroxyl groups excluding tert-OH is 1. The zero-order valence-electron chi connectivity index (χ0n) is 16.8. The Kier molecular flexibility index (Phi) is 5.01. The van der Waals surface area contributed by atoms with Gasteiger partial charge in [0.1, 0.15) is 6.61 Å². The molecule has 1 aliphatic heterocycles. The van der Waals surface area contributed by atoms with Crippen molar-refractivity contribution in [3.05, 3.63) is 95.6 Å². The first-order valence-corrected chi connectivity index (χ1v) is 10.6. The molecular formula is C26H25NO3. The van der Waals surface area contributed by atoms with Crippen molar-refractivity contribution in [3.63, 3.8) is 0 Å². The molecule has 0 saturated carbocycles. The van der Waals surface area contributed by atoms with E-state index in [2.05, 4.69) is 24.3 Å². The maximum absolute atomic E-state index is 13.0. The number of likely N-dealkylation sites (tertiary alicyclic amines) is 1. The van der Waals surface area contributed by atoms with Crippen molar-refractivity contribution in [1.29, 1.82) is 0 Å². The van der Waals surface area contributed by atoms with Crippen LogP contribution in [0.5, 0.6) is 0 Å². The highest BCUT2D eigenvalue weighted by Crippen LogP contribution is 2.44. The normalized spacial score (nSPS) is 20.1. The van der Waals surface area contributed by atoms with Crippen LogP contribution >= 0.6 is 0 Å². The highest BCUT2D eigenvalue weighted by Gasteiger charge is 2.37. The molecule has 152 valence electrons. The van der Waals surface area contributed by atoms with E-state index in [9.17, 15) is 9.90 Å². The summed E-state index contributed by atoms with van der Waals surface area (Å²) < 4.78 is 5.82. The summed E-state index contributed by atoms with van der Waals surface area (Å²) in [4.78, 5) is 14.7. The Balaban J connectivity index is 1.31. The van der Waals surface area contributed by atoms with Crippen molar-refractivity contribution in [2.24, 2.45) is 0 Å². The largest absolute Gasteiger partial charge is 0.448 e. The van der Waals surface area contributed by atoms with Gasteiger partial charge in [-0.3, -0.25) is 0 Å². The van der Waals surface area contributed by atoms with Gasteiger partial charge in [-0.2, -0.15) is 0 Å². The molecule has 1 fully saturated rings. The van der Waals surface area contributed by atoms with Gasteiger partial charge in [-0.15, -0.1) is 0 Å². The van der Waals surface area contributed by atoms with Crippen LogP contribution in [0.3, 0.4) is 0 Å². The fraction of sp³-hybridized carbons (Fsp3) is 0.269. The number of carbonyl (C=O) groups is 1. The van der Waals surface area contributed by atoms with E-state index in [0.29, 0.717) is 26.0 Å². The molecule has 0 unspecified atom stereocenters. The smallest absolute Gasteiger partial charge is 0.410 e. The lowest BCUT2D eigenvalue weighted by molar-refractivity contribution is 0.0743. The first kappa shape index (κ1) is 18.9. The molecule has 0 spiro atoms. The third-order valence-electron chi connectivity index (χ3n) is 6.37. The molecule has 1 N–H and O–H groups in total. The minimum absolute atomic E-state index is 0.0430. The predicted molar refractivity (Wildman–Crippen MR) is 116 cm³/mol. The fourth-order valence-corrected chi connectivity index (χ4v) is 4.84. The van der Waals surface area contributed by atoms with Crippen LogP contribution in [0.1, 0.15) is 29.0 Å². The van der Waals surface area contributed by atoms with Gasteiger partial charge in [-0.05, 0) is 40.7 Å². The average molecular weight is 399 g/mol. The third-order valence-corrected chi connectivity index (χ3v) is 6.37. The van der Waals surface area contributed by atoms with Gasteiger partial charge in [0, 0.05) is 12.5 Å². The minimum Gasteiger partial charge on any atom is -0.448 e. The maximum Gasteiger partial charge on any atom is 0.410 e. The van der Waals surface area contributed by atoms with Crippen LogP contribution < -0.4 is 0 Å². The summed E-state index contributed by atoms with van der Waals surface area (Å²) in [6.45, 7) is 0.826. The second-order valence-corrected chi connectivity index (χ2v) is 8.11. The van der Waals surface area contributed by atoms with Crippen molar-refractivity contribution < 1.29 is 14.6 Å². The maximum atomic E-state index is 13.0. The van der Waals surface area contributed by atoms with E-state index in [1.54, 1.807) is 4.90 Å². The molecule has 1 heterocycles.